The second-order valence-electron chi connectivity index (χ2n) is 6.53. The zero-order valence-electron chi connectivity index (χ0n) is 16.1. The van der Waals surface area contributed by atoms with Gasteiger partial charge in [0.25, 0.3) is 0 Å². The molecule has 2 aromatic carbocycles. The van der Waals surface area contributed by atoms with Crippen LogP contribution in [0.2, 0.25) is 0 Å². The number of hydrogen-bond acceptors (Lipinski definition) is 5. The third kappa shape index (κ3) is 2.91. The predicted molar refractivity (Wildman–Crippen MR) is 107 cm³/mol. The summed E-state index contributed by atoms with van der Waals surface area (Å²) in [4.78, 5) is 38.8. The Morgan fingerprint density at radius 3 is 2.07 bits per heavy atom. The Bertz CT molecular complexity index is 1320. The van der Waals surface area contributed by atoms with Crippen LogP contribution in [-0.2, 0) is 9.47 Å². The van der Waals surface area contributed by atoms with Gasteiger partial charge in [-0.05, 0) is 41.8 Å². The minimum atomic E-state index is -0.853. The van der Waals surface area contributed by atoms with Crippen LogP contribution in [0.25, 0.3) is 16.4 Å². The number of pyridine rings is 1. The summed E-state index contributed by atoms with van der Waals surface area (Å²) in [7, 11) is 2.35. The number of aromatic nitrogens is 1. The summed E-state index contributed by atoms with van der Waals surface area (Å²) >= 11 is 0. The fraction of sp³-hybridized carbons (Fsp3) is 0.0870. The molecule has 0 amide bonds. The summed E-state index contributed by atoms with van der Waals surface area (Å²) in [6, 6.07) is 15.6. The molecule has 2 heterocycles. The highest BCUT2D eigenvalue weighted by Crippen LogP contribution is 2.31. The number of benzene rings is 2. The van der Waals surface area contributed by atoms with Crippen molar-refractivity contribution in [3.63, 3.8) is 0 Å². The average molecular weight is 405 g/mol. The second-order valence-corrected chi connectivity index (χ2v) is 6.53. The summed E-state index contributed by atoms with van der Waals surface area (Å²) in [5.41, 5.74) is 0.772. The summed E-state index contributed by atoms with van der Waals surface area (Å²) in [6.07, 6.45) is 0. The topological polar surface area (TPSA) is 74.1 Å². The van der Waals surface area contributed by atoms with Crippen LogP contribution in [0.15, 0.2) is 60.7 Å². The van der Waals surface area contributed by atoms with E-state index in [4.69, 9.17) is 9.47 Å². The largest absolute Gasteiger partial charge is 0.465 e. The van der Waals surface area contributed by atoms with Crippen molar-refractivity contribution in [3.8, 4) is 0 Å². The molecule has 0 unspecified atom stereocenters. The number of fused-ring (bicyclic) bond motifs is 3. The van der Waals surface area contributed by atoms with Crippen molar-refractivity contribution >= 4 is 34.1 Å². The molecule has 0 saturated carbocycles. The molecule has 0 spiro atoms. The van der Waals surface area contributed by atoms with Crippen molar-refractivity contribution in [1.29, 1.82) is 0 Å². The Labute approximate surface area is 170 Å². The molecule has 0 atom stereocenters. The first-order chi connectivity index (χ1) is 14.5. The quantitative estimate of drug-likeness (QED) is 0.379. The highest BCUT2D eigenvalue weighted by atomic mass is 19.1. The average Bonchev–Trinajstić information content (AvgIpc) is 3.13. The molecule has 4 rings (SSSR count). The molecule has 150 valence electrons. The molecule has 0 saturated heterocycles. The first kappa shape index (κ1) is 19.3. The third-order valence-corrected chi connectivity index (χ3v) is 4.91. The van der Waals surface area contributed by atoms with Gasteiger partial charge in [0.2, 0.25) is 5.78 Å². The standard InChI is InChI=1S/C23H16FNO5/c1-29-22(27)18-17-12-9-13-5-3-4-6-16(13)25(17)20(19(18)23(28)30-2)21(26)14-7-10-15(24)11-8-14/h3-12H,1-2H3. The van der Waals surface area contributed by atoms with E-state index in [0.717, 1.165) is 24.6 Å². The molecule has 0 aliphatic carbocycles. The number of esters is 2. The molecule has 0 radical (unpaired) electrons. The number of halogens is 1. The molecule has 4 aromatic rings. The Kier molecular flexibility index (Phi) is 4.79. The fourth-order valence-electron chi connectivity index (χ4n) is 3.56. The van der Waals surface area contributed by atoms with E-state index in [-0.39, 0.29) is 22.4 Å². The summed E-state index contributed by atoms with van der Waals surface area (Å²) in [5.74, 6) is -2.69. The van der Waals surface area contributed by atoms with E-state index in [2.05, 4.69) is 0 Å². The predicted octanol–water partition coefficient (Wildman–Crippen LogP) is 4.04. The lowest BCUT2D eigenvalue weighted by molar-refractivity contribution is 0.0556. The number of nitrogens with zero attached hydrogens (tertiary/aromatic N) is 1. The first-order valence-electron chi connectivity index (χ1n) is 9.01. The van der Waals surface area contributed by atoms with Gasteiger partial charge in [-0.15, -0.1) is 0 Å². The molecule has 2 aromatic heterocycles. The third-order valence-electron chi connectivity index (χ3n) is 4.91. The van der Waals surface area contributed by atoms with Crippen LogP contribution >= 0.6 is 0 Å². The minimum Gasteiger partial charge on any atom is -0.465 e. The Balaban J connectivity index is 2.19. The lowest BCUT2D eigenvalue weighted by Crippen LogP contribution is -2.15. The number of rotatable bonds is 4. The van der Waals surface area contributed by atoms with Crippen molar-refractivity contribution < 1.29 is 28.2 Å². The molecular formula is C23H16FNO5. The van der Waals surface area contributed by atoms with Crippen LogP contribution in [-0.4, -0.2) is 36.3 Å². The molecule has 7 heteroatoms. The monoisotopic (exact) mass is 405 g/mol. The highest BCUT2D eigenvalue weighted by Gasteiger charge is 2.33. The Hall–Kier alpha value is -4.00. The lowest BCUT2D eigenvalue weighted by atomic mass is 10.0. The van der Waals surface area contributed by atoms with Gasteiger partial charge in [-0.2, -0.15) is 0 Å². The van der Waals surface area contributed by atoms with E-state index < -0.39 is 23.5 Å². The first-order valence-corrected chi connectivity index (χ1v) is 9.01. The SMILES string of the molecule is COC(=O)c1c(C(=O)OC)c2ccc3ccccc3n2c1C(=O)c1ccc(F)cc1. The molecular weight excluding hydrogens is 389 g/mol. The van der Waals surface area contributed by atoms with Gasteiger partial charge in [0.05, 0.1) is 25.3 Å². The van der Waals surface area contributed by atoms with Crippen molar-refractivity contribution in [3.05, 3.63) is 88.9 Å². The van der Waals surface area contributed by atoms with E-state index >= 15 is 0 Å². The van der Waals surface area contributed by atoms with Gasteiger partial charge in [0, 0.05) is 5.56 Å². The normalized spacial score (nSPS) is 10.9. The molecule has 0 aliphatic rings. The fourth-order valence-corrected chi connectivity index (χ4v) is 3.56. The molecule has 0 N–H and O–H groups in total. The number of carbonyl (C=O) groups excluding carboxylic acids is 3. The maximum absolute atomic E-state index is 13.5. The van der Waals surface area contributed by atoms with E-state index in [1.807, 2.05) is 12.1 Å². The number of para-hydroxylation sites is 1. The van der Waals surface area contributed by atoms with Gasteiger partial charge >= 0.3 is 11.9 Å². The molecule has 0 bridgehead atoms. The van der Waals surface area contributed by atoms with Gasteiger partial charge in [-0.1, -0.05) is 24.3 Å². The van der Waals surface area contributed by atoms with E-state index in [1.165, 1.54) is 19.2 Å². The zero-order chi connectivity index (χ0) is 21.4. The van der Waals surface area contributed by atoms with Gasteiger partial charge in [-0.25, -0.2) is 14.0 Å². The number of hydrogen-bond donors (Lipinski definition) is 0. The number of ether oxygens (including phenoxy) is 2. The minimum absolute atomic E-state index is 0.0549. The van der Waals surface area contributed by atoms with Crippen LogP contribution in [0.1, 0.15) is 36.8 Å². The summed E-state index contributed by atoms with van der Waals surface area (Å²) in [5, 5.41) is 0.793. The summed E-state index contributed by atoms with van der Waals surface area (Å²) in [6.45, 7) is 0. The van der Waals surface area contributed by atoms with Crippen molar-refractivity contribution in [2.24, 2.45) is 0 Å². The van der Waals surface area contributed by atoms with Crippen LogP contribution in [0.3, 0.4) is 0 Å². The van der Waals surface area contributed by atoms with E-state index in [1.54, 1.807) is 28.7 Å². The maximum Gasteiger partial charge on any atom is 0.341 e. The van der Waals surface area contributed by atoms with Crippen LogP contribution < -0.4 is 0 Å². The van der Waals surface area contributed by atoms with Crippen molar-refractivity contribution in [1.82, 2.24) is 4.40 Å². The van der Waals surface area contributed by atoms with Gasteiger partial charge in [-0.3, -0.25) is 4.79 Å². The Morgan fingerprint density at radius 2 is 1.40 bits per heavy atom. The number of ketones is 1. The molecule has 0 aliphatic heterocycles. The van der Waals surface area contributed by atoms with E-state index in [9.17, 15) is 18.8 Å². The number of methoxy groups -OCH3 is 2. The van der Waals surface area contributed by atoms with Gasteiger partial charge < -0.3 is 13.9 Å². The maximum atomic E-state index is 13.5. The van der Waals surface area contributed by atoms with Crippen LogP contribution in [0, 0.1) is 5.82 Å². The van der Waals surface area contributed by atoms with Crippen LogP contribution in [0.5, 0.6) is 0 Å². The van der Waals surface area contributed by atoms with Crippen molar-refractivity contribution in [2.45, 2.75) is 0 Å². The van der Waals surface area contributed by atoms with Crippen molar-refractivity contribution in [2.75, 3.05) is 14.2 Å². The highest BCUT2D eigenvalue weighted by molar-refractivity contribution is 6.20. The molecule has 0 fully saturated rings. The molecule has 6 nitrogen and oxygen atoms in total. The van der Waals surface area contributed by atoms with E-state index in [0.29, 0.717) is 11.0 Å². The smallest absolute Gasteiger partial charge is 0.341 e. The summed E-state index contributed by atoms with van der Waals surface area (Å²) < 4.78 is 24.7. The second kappa shape index (κ2) is 7.44. The van der Waals surface area contributed by atoms with Gasteiger partial charge in [0.15, 0.2) is 0 Å². The van der Waals surface area contributed by atoms with Gasteiger partial charge in [0.1, 0.15) is 22.6 Å². The lowest BCUT2D eigenvalue weighted by Gasteiger charge is -2.08. The van der Waals surface area contributed by atoms with Crippen LogP contribution in [0.4, 0.5) is 4.39 Å². The zero-order valence-corrected chi connectivity index (χ0v) is 16.1. The number of carbonyl (C=O) groups is 3. The molecule has 30 heavy (non-hydrogen) atoms. The Morgan fingerprint density at radius 1 is 0.767 bits per heavy atom.